The second kappa shape index (κ2) is 8.95. The van der Waals surface area contributed by atoms with Gasteiger partial charge < -0.3 is 19.5 Å². The summed E-state index contributed by atoms with van der Waals surface area (Å²) in [5, 5.41) is 2.97. The number of hydrogen-bond acceptors (Lipinski definition) is 5. The third kappa shape index (κ3) is 6.06. The fourth-order valence-electron chi connectivity index (χ4n) is 3.04. The maximum absolute atomic E-state index is 11.9. The summed E-state index contributed by atoms with van der Waals surface area (Å²) in [5.74, 6) is 1.62. The smallest absolute Gasteiger partial charge is 0.407 e. The van der Waals surface area contributed by atoms with Crippen LogP contribution >= 0.6 is 15.9 Å². The normalized spacial score (nSPS) is 16.2. The van der Waals surface area contributed by atoms with Crippen LogP contribution in [0.15, 0.2) is 16.6 Å². The molecule has 26 heavy (non-hydrogen) atoms. The maximum Gasteiger partial charge on any atom is 0.407 e. The van der Waals surface area contributed by atoms with Crippen LogP contribution < -0.4 is 14.8 Å². The molecule has 1 aromatic rings. The molecule has 0 saturated carbocycles. The third-order valence-electron chi connectivity index (χ3n) is 4.26. The van der Waals surface area contributed by atoms with E-state index < -0.39 is 5.60 Å². The number of piperidine rings is 1. The largest absolute Gasteiger partial charge is 0.496 e. The Kier molecular flexibility index (Phi) is 7.17. The summed E-state index contributed by atoms with van der Waals surface area (Å²) in [4.78, 5) is 14.3. The van der Waals surface area contributed by atoms with Crippen LogP contribution in [-0.4, -0.2) is 49.9 Å². The molecule has 1 aliphatic rings. The van der Waals surface area contributed by atoms with Gasteiger partial charge in [-0.3, -0.25) is 4.90 Å². The van der Waals surface area contributed by atoms with Crippen LogP contribution in [0.3, 0.4) is 0 Å². The van der Waals surface area contributed by atoms with Crippen LogP contribution in [0.25, 0.3) is 0 Å². The van der Waals surface area contributed by atoms with Crippen LogP contribution in [0.5, 0.6) is 11.5 Å². The first-order chi connectivity index (χ1) is 12.2. The average Bonchev–Trinajstić information content (AvgIpc) is 2.55. The Morgan fingerprint density at radius 2 is 1.73 bits per heavy atom. The van der Waals surface area contributed by atoms with Gasteiger partial charge in [-0.05, 0) is 45.7 Å². The molecule has 1 aliphatic heterocycles. The van der Waals surface area contributed by atoms with Crippen molar-refractivity contribution in [3.63, 3.8) is 0 Å². The minimum Gasteiger partial charge on any atom is -0.496 e. The summed E-state index contributed by atoms with van der Waals surface area (Å²) in [5.41, 5.74) is 0.566. The number of halogens is 1. The number of rotatable bonds is 5. The van der Waals surface area contributed by atoms with E-state index in [2.05, 4.69) is 26.1 Å². The van der Waals surface area contributed by atoms with Gasteiger partial charge in [0.1, 0.15) is 17.1 Å². The summed E-state index contributed by atoms with van der Waals surface area (Å²) in [6.45, 7) is 8.14. The molecule has 1 fully saturated rings. The van der Waals surface area contributed by atoms with E-state index in [1.807, 2.05) is 32.9 Å². The second-order valence-electron chi connectivity index (χ2n) is 7.49. The van der Waals surface area contributed by atoms with Crippen molar-refractivity contribution in [1.29, 1.82) is 0 Å². The van der Waals surface area contributed by atoms with Gasteiger partial charge in [0.2, 0.25) is 0 Å². The van der Waals surface area contributed by atoms with Crippen LogP contribution in [0.2, 0.25) is 0 Å². The molecular weight excluding hydrogens is 400 g/mol. The molecule has 0 atom stereocenters. The van der Waals surface area contributed by atoms with Crippen LogP contribution in [0, 0.1) is 0 Å². The highest BCUT2D eigenvalue weighted by Crippen LogP contribution is 2.34. The number of nitrogens with zero attached hydrogens (tertiary/aromatic N) is 1. The van der Waals surface area contributed by atoms with Gasteiger partial charge in [-0.2, -0.15) is 0 Å². The van der Waals surface area contributed by atoms with E-state index in [4.69, 9.17) is 14.2 Å². The van der Waals surface area contributed by atoms with Gasteiger partial charge in [-0.25, -0.2) is 4.79 Å². The fraction of sp³-hybridized carbons (Fsp3) is 0.632. The number of benzene rings is 1. The summed E-state index contributed by atoms with van der Waals surface area (Å²) in [6.07, 6.45) is 1.44. The average molecular weight is 429 g/mol. The highest BCUT2D eigenvalue weighted by molar-refractivity contribution is 9.10. The van der Waals surface area contributed by atoms with E-state index in [-0.39, 0.29) is 12.1 Å². The molecule has 0 unspecified atom stereocenters. The molecule has 1 N–H and O–H groups in total. The Morgan fingerprint density at radius 1 is 1.19 bits per heavy atom. The van der Waals surface area contributed by atoms with Gasteiger partial charge in [0, 0.05) is 30.1 Å². The van der Waals surface area contributed by atoms with Crippen molar-refractivity contribution in [3.05, 3.63) is 22.2 Å². The molecule has 0 bridgehead atoms. The number of carbonyl (C=O) groups is 1. The number of amides is 1. The van der Waals surface area contributed by atoms with Crippen molar-refractivity contribution < 1.29 is 19.0 Å². The molecule has 2 rings (SSSR count). The standard InChI is InChI=1S/C19H29BrN2O4/c1-19(2,3)26-18(23)21-14-6-8-22(9-7-14)12-15-16(24-4)10-13(20)11-17(15)25-5/h10-11,14H,6-9,12H2,1-5H3,(H,21,23). The van der Waals surface area contributed by atoms with Crippen molar-refractivity contribution in [2.75, 3.05) is 27.3 Å². The lowest BCUT2D eigenvalue weighted by Crippen LogP contribution is -2.45. The highest BCUT2D eigenvalue weighted by atomic mass is 79.9. The minimum absolute atomic E-state index is 0.148. The zero-order valence-electron chi connectivity index (χ0n) is 16.2. The topological polar surface area (TPSA) is 60.0 Å². The summed E-state index contributed by atoms with van der Waals surface area (Å²) in [6, 6.07) is 4.05. The molecule has 0 radical (unpaired) electrons. The molecular formula is C19H29BrN2O4. The third-order valence-corrected chi connectivity index (χ3v) is 4.72. The van der Waals surface area contributed by atoms with Gasteiger partial charge in [0.05, 0.1) is 19.8 Å². The van der Waals surface area contributed by atoms with Crippen molar-refractivity contribution in [1.82, 2.24) is 10.2 Å². The number of hydrogen-bond donors (Lipinski definition) is 1. The van der Waals surface area contributed by atoms with E-state index in [0.717, 1.165) is 54.0 Å². The predicted molar refractivity (Wildman–Crippen MR) is 105 cm³/mol. The fourth-order valence-corrected chi connectivity index (χ4v) is 3.46. The first kappa shape index (κ1) is 20.8. The molecule has 1 heterocycles. The number of nitrogens with one attached hydrogen (secondary N) is 1. The lowest BCUT2D eigenvalue weighted by molar-refractivity contribution is 0.0477. The van der Waals surface area contributed by atoms with Gasteiger partial charge in [0.15, 0.2) is 0 Å². The van der Waals surface area contributed by atoms with Crippen LogP contribution in [0.4, 0.5) is 4.79 Å². The molecule has 0 aliphatic carbocycles. The molecule has 146 valence electrons. The first-order valence-corrected chi connectivity index (χ1v) is 9.63. The quantitative estimate of drug-likeness (QED) is 0.768. The highest BCUT2D eigenvalue weighted by Gasteiger charge is 2.25. The SMILES string of the molecule is COc1cc(Br)cc(OC)c1CN1CCC(NC(=O)OC(C)(C)C)CC1. The zero-order chi connectivity index (χ0) is 19.3. The lowest BCUT2D eigenvalue weighted by atomic mass is 10.0. The van der Waals surface area contributed by atoms with Gasteiger partial charge in [0.25, 0.3) is 0 Å². The summed E-state index contributed by atoms with van der Waals surface area (Å²) >= 11 is 3.48. The Hall–Kier alpha value is -1.47. The van der Waals surface area contributed by atoms with Crippen LogP contribution in [-0.2, 0) is 11.3 Å². The Bertz CT molecular complexity index is 597. The van der Waals surface area contributed by atoms with E-state index >= 15 is 0 Å². The van der Waals surface area contributed by atoms with Crippen molar-refractivity contribution in [2.45, 2.75) is 51.8 Å². The molecule has 1 amide bonds. The number of methoxy groups -OCH3 is 2. The number of ether oxygens (including phenoxy) is 3. The zero-order valence-corrected chi connectivity index (χ0v) is 17.8. The number of likely N-dealkylation sites (tertiary alicyclic amines) is 1. The minimum atomic E-state index is -0.473. The number of alkyl carbamates (subject to hydrolysis) is 1. The molecule has 6 nitrogen and oxygen atoms in total. The Balaban J connectivity index is 1.92. The van der Waals surface area contributed by atoms with Gasteiger partial charge in [-0.15, -0.1) is 0 Å². The molecule has 0 aromatic heterocycles. The second-order valence-corrected chi connectivity index (χ2v) is 8.40. The van der Waals surface area contributed by atoms with Crippen molar-refractivity contribution in [3.8, 4) is 11.5 Å². The Labute approximate surface area is 164 Å². The van der Waals surface area contributed by atoms with E-state index in [1.54, 1.807) is 14.2 Å². The maximum atomic E-state index is 11.9. The molecule has 0 spiro atoms. The van der Waals surface area contributed by atoms with Crippen LogP contribution in [0.1, 0.15) is 39.2 Å². The first-order valence-electron chi connectivity index (χ1n) is 8.84. The predicted octanol–water partition coefficient (Wildman–Crippen LogP) is 3.96. The Morgan fingerprint density at radius 3 is 2.19 bits per heavy atom. The summed E-state index contributed by atoms with van der Waals surface area (Å²) in [7, 11) is 3.34. The van der Waals surface area contributed by atoms with Gasteiger partial charge >= 0.3 is 6.09 Å². The summed E-state index contributed by atoms with van der Waals surface area (Å²) < 4.78 is 17.3. The van der Waals surface area contributed by atoms with Crippen molar-refractivity contribution in [2.24, 2.45) is 0 Å². The van der Waals surface area contributed by atoms with E-state index in [1.165, 1.54) is 0 Å². The van der Waals surface area contributed by atoms with Crippen molar-refractivity contribution >= 4 is 22.0 Å². The molecule has 7 heteroatoms. The lowest BCUT2D eigenvalue weighted by Gasteiger charge is -2.33. The number of carbonyl (C=O) groups excluding carboxylic acids is 1. The van der Waals surface area contributed by atoms with E-state index in [9.17, 15) is 4.79 Å². The molecule has 1 aromatic carbocycles. The van der Waals surface area contributed by atoms with Gasteiger partial charge in [-0.1, -0.05) is 15.9 Å². The molecule has 1 saturated heterocycles. The van der Waals surface area contributed by atoms with E-state index in [0.29, 0.717) is 0 Å². The monoisotopic (exact) mass is 428 g/mol.